The number of methoxy groups -OCH3 is 1. The summed E-state index contributed by atoms with van der Waals surface area (Å²) in [4.78, 5) is 0. The van der Waals surface area contributed by atoms with Gasteiger partial charge in [0, 0.05) is 10.6 Å². The number of hydrogen-bond acceptors (Lipinski definition) is 1. The minimum Gasteiger partial charge on any atom is -0.496 e. The van der Waals surface area contributed by atoms with Gasteiger partial charge in [-0.2, -0.15) is 0 Å². The average molecular weight is 350 g/mol. The van der Waals surface area contributed by atoms with Gasteiger partial charge in [-0.3, -0.25) is 0 Å². The Labute approximate surface area is 138 Å². The summed E-state index contributed by atoms with van der Waals surface area (Å²) in [6, 6.07) is 14.7. The van der Waals surface area contributed by atoms with Crippen molar-refractivity contribution in [3.05, 3.63) is 64.7 Å². The van der Waals surface area contributed by atoms with Crippen molar-refractivity contribution >= 4 is 46.4 Å². The van der Waals surface area contributed by atoms with Crippen LogP contribution in [0.15, 0.2) is 48.5 Å². The fourth-order valence-electron chi connectivity index (χ4n) is 2.11. The van der Waals surface area contributed by atoms with Gasteiger partial charge in [0.05, 0.1) is 13.0 Å². The summed E-state index contributed by atoms with van der Waals surface area (Å²) >= 11 is 24.4. The Balaban J connectivity index is 2.56. The highest BCUT2D eigenvalue weighted by Crippen LogP contribution is 2.48. The van der Waals surface area contributed by atoms with Crippen LogP contribution in [-0.4, -0.2) is 10.9 Å². The molecule has 0 aliphatic heterocycles. The Morgan fingerprint density at radius 3 is 2.10 bits per heavy atom. The van der Waals surface area contributed by atoms with E-state index in [1.807, 2.05) is 36.4 Å². The fourth-order valence-corrected chi connectivity index (χ4v) is 2.96. The van der Waals surface area contributed by atoms with E-state index in [0.717, 1.165) is 11.1 Å². The fraction of sp³-hybridized carbons (Fsp3) is 0.200. The van der Waals surface area contributed by atoms with E-state index in [0.29, 0.717) is 10.8 Å². The van der Waals surface area contributed by atoms with Crippen LogP contribution < -0.4 is 4.74 Å². The number of benzene rings is 2. The van der Waals surface area contributed by atoms with Gasteiger partial charge in [0.15, 0.2) is 0 Å². The molecule has 0 spiro atoms. The van der Waals surface area contributed by atoms with Gasteiger partial charge in [-0.1, -0.05) is 76.7 Å². The van der Waals surface area contributed by atoms with Gasteiger partial charge < -0.3 is 4.74 Å². The third-order valence-electron chi connectivity index (χ3n) is 2.98. The third-order valence-corrected chi connectivity index (χ3v) is 3.89. The maximum atomic E-state index is 6.18. The van der Waals surface area contributed by atoms with Gasteiger partial charge in [-0.05, 0) is 23.8 Å². The van der Waals surface area contributed by atoms with Gasteiger partial charge >= 0.3 is 0 Å². The molecule has 0 amide bonds. The maximum Gasteiger partial charge on any atom is 0.201 e. The lowest BCUT2D eigenvalue weighted by atomic mass is 9.92. The van der Waals surface area contributed by atoms with E-state index < -0.39 is 9.71 Å². The van der Waals surface area contributed by atoms with Crippen molar-refractivity contribution in [2.45, 2.75) is 9.71 Å². The van der Waals surface area contributed by atoms with Crippen LogP contribution in [0.5, 0.6) is 5.75 Å². The molecule has 2 aromatic rings. The Bertz CT molecular complexity index is 575. The Kier molecular flexibility index (Phi) is 5.09. The zero-order valence-corrected chi connectivity index (χ0v) is 13.6. The van der Waals surface area contributed by atoms with Crippen LogP contribution in [0.3, 0.4) is 0 Å². The first-order valence-corrected chi connectivity index (χ1v) is 7.39. The SMILES string of the molecule is COc1ccccc1C(c1ccc(Cl)cc1)C(Cl)(Cl)Cl. The second-order valence-electron chi connectivity index (χ2n) is 4.27. The first-order chi connectivity index (χ1) is 9.43. The molecule has 1 nitrogen and oxygen atoms in total. The minimum atomic E-state index is -1.50. The standard InChI is InChI=1S/C15H12Cl4O/c1-20-13-5-3-2-4-12(13)14(15(17,18)19)10-6-8-11(16)9-7-10/h2-9,14H,1H3. The molecular weight excluding hydrogens is 338 g/mol. The lowest BCUT2D eigenvalue weighted by Gasteiger charge is -2.26. The van der Waals surface area contributed by atoms with E-state index in [1.54, 1.807) is 19.2 Å². The largest absolute Gasteiger partial charge is 0.496 e. The lowest BCUT2D eigenvalue weighted by Crippen LogP contribution is -2.19. The predicted molar refractivity (Wildman–Crippen MR) is 86.6 cm³/mol. The highest BCUT2D eigenvalue weighted by Gasteiger charge is 2.36. The van der Waals surface area contributed by atoms with Crippen LogP contribution >= 0.6 is 46.4 Å². The van der Waals surface area contributed by atoms with Crippen LogP contribution in [0.4, 0.5) is 0 Å². The molecule has 0 N–H and O–H groups in total. The van der Waals surface area contributed by atoms with Crippen molar-refractivity contribution in [2.75, 3.05) is 7.11 Å². The molecule has 0 aliphatic carbocycles. The number of halogens is 4. The molecule has 0 fully saturated rings. The number of ether oxygens (including phenoxy) is 1. The third kappa shape index (κ3) is 3.53. The van der Waals surface area contributed by atoms with E-state index in [2.05, 4.69) is 0 Å². The molecule has 0 bridgehead atoms. The number of rotatable bonds is 3. The van der Waals surface area contributed by atoms with Gasteiger partial charge in [-0.25, -0.2) is 0 Å². The average Bonchev–Trinajstić information content (AvgIpc) is 2.40. The second-order valence-corrected chi connectivity index (χ2v) is 7.07. The van der Waals surface area contributed by atoms with Gasteiger partial charge in [0.25, 0.3) is 0 Å². The molecule has 0 radical (unpaired) electrons. The smallest absolute Gasteiger partial charge is 0.201 e. The minimum absolute atomic E-state index is 0.444. The van der Waals surface area contributed by atoms with Crippen molar-refractivity contribution in [1.29, 1.82) is 0 Å². The van der Waals surface area contributed by atoms with E-state index in [9.17, 15) is 0 Å². The summed E-state index contributed by atoms with van der Waals surface area (Å²) < 4.78 is 3.87. The molecule has 0 aliphatic rings. The second kappa shape index (κ2) is 6.44. The molecule has 5 heteroatoms. The molecule has 1 atom stereocenters. The molecule has 106 valence electrons. The van der Waals surface area contributed by atoms with E-state index >= 15 is 0 Å². The highest BCUT2D eigenvalue weighted by molar-refractivity contribution is 6.68. The van der Waals surface area contributed by atoms with E-state index in [4.69, 9.17) is 51.1 Å². The summed E-state index contributed by atoms with van der Waals surface area (Å²) in [5.74, 6) is 0.236. The molecule has 0 saturated carbocycles. The van der Waals surface area contributed by atoms with Crippen molar-refractivity contribution in [2.24, 2.45) is 0 Å². The Hall–Kier alpha value is -0.600. The van der Waals surface area contributed by atoms with Crippen LogP contribution in [0.2, 0.25) is 5.02 Å². The summed E-state index contributed by atoms with van der Waals surface area (Å²) in [7, 11) is 1.59. The van der Waals surface area contributed by atoms with Crippen LogP contribution in [-0.2, 0) is 0 Å². The monoisotopic (exact) mass is 348 g/mol. The van der Waals surface area contributed by atoms with E-state index in [1.165, 1.54) is 0 Å². The molecule has 0 aromatic heterocycles. The number of para-hydroxylation sites is 1. The predicted octanol–water partition coefficient (Wildman–Crippen LogP) is 5.85. The van der Waals surface area contributed by atoms with Crippen LogP contribution in [0, 0.1) is 0 Å². The van der Waals surface area contributed by atoms with Gasteiger partial charge in [0.1, 0.15) is 5.75 Å². The molecule has 1 unspecified atom stereocenters. The zero-order chi connectivity index (χ0) is 14.8. The van der Waals surface area contributed by atoms with E-state index in [-0.39, 0.29) is 0 Å². The molecule has 0 saturated heterocycles. The summed E-state index contributed by atoms with van der Waals surface area (Å²) in [6.07, 6.45) is 0. The summed E-state index contributed by atoms with van der Waals surface area (Å²) in [5.41, 5.74) is 1.68. The number of alkyl halides is 3. The normalized spacial score (nSPS) is 13.1. The topological polar surface area (TPSA) is 9.23 Å². The molecule has 2 rings (SSSR count). The van der Waals surface area contributed by atoms with Crippen LogP contribution in [0.25, 0.3) is 0 Å². The Morgan fingerprint density at radius 1 is 0.950 bits per heavy atom. The highest BCUT2D eigenvalue weighted by atomic mass is 35.6. The van der Waals surface area contributed by atoms with Crippen LogP contribution in [0.1, 0.15) is 17.0 Å². The van der Waals surface area contributed by atoms with Crippen molar-refractivity contribution < 1.29 is 4.74 Å². The molecule has 0 heterocycles. The summed E-state index contributed by atoms with van der Waals surface area (Å²) in [6.45, 7) is 0. The van der Waals surface area contributed by atoms with Crippen molar-refractivity contribution in [1.82, 2.24) is 0 Å². The zero-order valence-electron chi connectivity index (χ0n) is 10.6. The number of hydrogen-bond donors (Lipinski definition) is 0. The van der Waals surface area contributed by atoms with Crippen molar-refractivity contribution in [3.63, 3.8) is 0 Å². The molecule has 2 aromatic carbocycles. The molecular formula is C15H12Cl4O. The first-order valence-electron chi connectivity index (χ1n) is 5.88. The summed E-state index contributed by atoms with van der Waals surface area (Å²) in [5, 5.41) is 0.636. The van der Waals surface area contributed by atoms with Gasteiger partial charge in [0.2, 0.25) is 3.79 Å². The van der Waals surface area contributed by atoms with Crippen molar-refractivity contribution in [3.8, 4) is 5.75 Å². The lowest BCUT2D eigenvalue weighted by molar-refractivity contribution is 0.407. The first kappa shape index (κ1) is 15.8. The maximum absolute atomic E-state index is 6.18. The van der Waals surface area contributed by atoms with Gasteiger partial charge in [-0.15, -0.1) is 0 Å². The Morgan fingerprint density at radius 2 is 1.55 bits per heavy atom. The molecule has 20 heavy (non-hydrogen) atoms. The quantitative estimate of drug-likeness (QED) is 0.631.